The first kappa shape index (κ1) is 47.4. The van der Waals surface area contributed by atoms with E-state index in [1.54, 1.807) is 4.72 Å². The molecular weight excluding hydrogens is 741 g/mol. The van der Waals surface area contributed by atoms with Gasteiger partial charge in [0, 0.05) is 19.4 Å². The summed E-state index contributed by atoms with van der Waals surface area (Å²) in [4.78, 5) is 22.8. The third-order valence-electron chi connectivity index (χ3n) is 9.30. The number of esters is 1. The van der Waals surface area contributed by atoms with Crippen LogP contribution in [0.1, 0.15) is 122 Å². The van der Waals surface area contributed by atoms with Crippen LogP contribution in [-0.4, -0.2) is 118 Å². The number of allylic oxidation sites excluding steroid dienone is 1. The number of carbonyl (C=O) groups excluding carboxylic acids is 2. The number of rotatable bonds is 31. The Morgan fingerprint density at radius 1 is 0.887 bits per heavy atom. The molecule has 0 aromatic heterocycles. The summed E-state index contributed by atoms with van der Waals surface area (Å²) in [5.74, 6) is -1.32. The van der Waals surface area contributed by atoms with Gasteiger partial charge in [-0.2, -0.15) is 21.6 Å². The van der Waals surface area contributed by atoms with Gasteiger partial charge < -0.3 is 34.5 Å². The van der Waals surface area contributed by atoms with Crippen LogP contribution in [0.25, 0.3) is 0 Å². The average molecular weight is 803 g/mol. The van der Waals surface area contributed by atoms with Gasteiger partial charge in [-0.3, -0.25) is 18.7 Å². The van der Waals surface area contributed by atoms with E-state index in [1.165, 1.54) is 13.2 Å². The minimum Gasteiger partial charge on any atom is -0.468 e. The predicted octanol–water partition coefficient (Wildman–Crippen LogP) is 3.06. The fourth-order valence-electron chi connectivity index (χ4n) is 6.54. The smallest absolute Gasteiger partial charge is 0.397 e. The quantitative estimate of drug-likeness (QED) is 0.0255. The van der Waals surface area contributed by atoms with E-state index in [2.05, 4.69) is 14.2 Å². The first-order valence-corrected chi connectivity index (χ1v) is 21.6. The summed E-state index contributed by atoms with van der Waals surface area (Å²) in [6, 6.07) is -1.22. The zero-order chi connectivity index (χ0) is 39.2. The maximum Gasteiger partial charge on any atom is 0.397 e. The molecule has 2 aliphatic rings. The second-order valence-corrected chi connectivity index (χ2v) is 16.1. The number of aliphatic hydroxyl groups is 2. The van der Waals surface area contributed by atoms with E-state index in [0.717, 1.165) is 103 Å². The number of hydrogen-bond donors (Lipinski definition) is 6. The Bertz CT molecular complexity index is 1300. The molecule has 1 amide bonds. The Balaban J connectivity index is 1.49. The minimum atomic E-state index is -4.79. The zero-order valence-corrected chi connectivity index (χ0v) is 32.5. The lowest BCUT2D eigenvalue weighted by molar-refractivity contribution is -0.198. The number of methoxy groups -OCH3 is 1. The van der Waals surface area contributed by atoms with Gasteiger partial charge in [0.05, 0.1) is 50.8 Å². The van der Waals surface area contributed by atoms with Crippen molar-refractivity contribution in [2.24, 2.45) is 0 Å². The predicted molar refractivity (Wildman–Crippen MR) is 193 cm³/mol. The van der Waals surface area contributed by atoms with Crippen molar-refractivity contribution in [2.75, 3.05) is 33.5 Å². The third-order valence-corrected chi connectivity index (χ3v) is 10.4. The lowest BCUT2D eigenvalue weighted by Crippen LogP contribution is -2.41. The van der Waals surface area contributed by atoms with E-state index in [4.69, 9.17) is 23.3 Å². The summed E-state index contributed by atoms with van der Waals surface area (Å²) < 4.78 is 89.6. The number of amides is 1. The molecule has 2 fully saturated rings. The van der Waals surface area contributed by atoms with Crippen LogP contribution in [0, 0.1) is 0 Å². The monoisotopic (exact) mass is 802 g/mol. The second-order valence-electron chi connectivity index (χ2n) is 13.8. The topological polar surface area (TPSA) is 254 Å². The maximum atomic E-state index is 11.7. The molecule has 0 spiro atoms. The van der Waals surface area contributed by atoms with Crippen molar-refractivity contribution in [1.29, 1.82) is 0 Å². The molecule has 2 saturated heterocycles. The van der Waals surface area contributed by atoms with E-state index in [0.29, 0.717) is 19.3 Å². The van der Waals surface area contributed by atoms with Gasteiger partial charge in [0.2, 0.25) is 5.91 Å². The highest BCUT2D eigenvalue weighted by Crippen LogP contribution is 2.44. The first-order chi connectivity index (χ1) is 25.1. The Hall–Kier alpha value is -1.78. The standard InChI is InChI=1S/C34H62N2O15S2/c1-47-33(40)24-35-32(39)20-12-6-2-5-11-18-30-31-19-15-22-34(50-30,51-31)21-13-8-10-17-29(38)28(37)16-9-4-3-7-14-23-48-25-27(36-52(41,42)43)26-49-53(44,45)46/h12,20,27-31,36-38H,2-11,13-19,21-26H2,1H3,(H,35,39)(H,41,42,43)(H,44,45,46)/b20-12+/t27-,28?,29?,30-,31-,34-/m1/s1. The number of fused-ring (bicyclic) bond motifs is 2. The van der Waals surface area contributed by atoms with Crippen LogP contribution >= 0.6 is 0 Å². The molecule has 17 nitrogen and oxygen atoms in total. The number of ether oxygens (including phenoxy) is 4. The molecule has 19 heteroatoms. The molecule has 6 N–H and O–H groups in total. The summed E-state index contributed by atoms with van der Waals surface area (Å²) in [6.07, 6.45) is 18.0. The number of hydrogen-bond acceptors (Lipinski definition) is 13. The molecule has 0 radical (unpaired) electrons. The van der Waals surface area contributed by atoms with Gasteiger partial charge in [0.25, 0.3) is 0 Å². The van der Waals surface area contributed by atoms with Crippen molar-refractivity contribution in [3.8, 4) is 0 Å². The molecule has 0 aromatic carbocycles. The Morgan fingerprint density at radius 2 is 1.55 bits per heavy atom. The Morgan fingerprint density at radius 3 is 2.23 bits per heavy atom. The van der Waals surface area contributed by atoms with E-state index in [9.17, 15) is 36.6 Å². The van der Waals surface area contributed by atoms with Crippen LogP contribution in [0.15, 0.2) is 12.2 Å². The van der Waals surface area contributed by atoms with Crippen molar-refractivity contribution in [3.63, 3.8) is 0 Å². The molecule has 2 heterocycles. The van der Waals surface area contributed by atoms with Crippen molar-refractivity contribution >= 4 is 32.6 Å². The van der Waals surface area contributed by atoms with Crippen molar-refractivity contribution < 1.29 is 68.9 Å². The highest BCUT2D eigenvalue weighted by atomic mass is 32.3. The van der Waals surface area contributed by atoms with Gasteiger partial charge >= 0.3 is 26.7 Å². The van der Waals surface area contributed by atoms with Gasteiger partial charge in [0.1, 0.15) is 6.54 Å². The van der Waals surface area contributed by atoms with E-state index < -0.39 is 57.3 Å². The molecule has 310 valence electrons. The third kappa shape index (κ3) is 22.4. The highest BCUT2D eigenvalue weighted by Gasteiger charge is 2.49. The van der Waals surface area contributed by atoms with E-state index >= 15 is 0 Å². The molecule has 0 aromatic rings. The van der Waals surface area contributed by atoms with Crippen LogP contribution in [0.4, 0.5) is 0 Å². The first-order valence-electron chi connectivity index (χ1n) is 18.8. The Labute approximate surface area is 314 Å². The van der Waals surface area contributed by atoms with Crippen LogP contribution < -0.4 is 10.0 Å². The summed E-state index contributed by atoms with van der Waals surface area (Å²) in [5, 5.41) is 23.3. The van der Waals surface area contributed by atoms with Gasteiger partial charge in [0.15, 0.2) is 5.79 Å². The van der Waals surface area contributed by atoms with Gasteiger partial charge in [-0.1, -0.05) is 57.4 Å². The fourth-order valence-corrected chi connectivity index (χ4v) is 7.43. The number of aliphatic hydroxyl groups excluding tert-OH is 2. The summed E-state index contributed by atoms with van der Waals surface area (Å²) in [6.45, 7) is -0.924. The van der Waals surface area contributed by atoms with Crippen LogP contribution in [-0.2, 0) is 53.4 Å². The number of carbonyl (C=O) groups is 2. The average Bonchev–Trinajstić information content (AvgIpc) is 3.34. The number of nitrogens with one attached hydrogen (secondary N) is 2. The summed E-state index contributed by atoms with van der Waals surface area (Å²) in [7, 11) is -8.15. The van der Waals surface area contributed by atoms with Crippen molar-refractivity contribution in [3.05, 3.63) is 12.2 Å². The zero-order valence-electron chi connectivity index (χ0n) is 30.9. The lowest BCUT2D eigenvalue weighted by Gasteiger charge is -2.31. The van der Waals surface area contributed by atoms with Gasteiger partial charge in [-0.25, -0.2) is 4.18 Å². The second kappa shape index (κ2) is 25.4. The normalized spacial score (nSPS) is 22.1. The number of unbranched alkanes of at least 4 members (excludes halogenated alkanes) is 9. The van der Waals surface area contributed by atoms with Gasteiger partial charge in [-0.15, -0.1) is 0 Å². The molecule has 2 rings (SSSR count). The molecule has 2 aliphatic heterocycles. The minimum absolute atomic E-state index is 0.0987. The fraction of sp³-hybridized carbons (Fsp3) is 0.882. The van der Waals surface area contributed by atoms with Crippen molar-refractivity contribution in [1.82, 2.24) is 10.0 Å². The Kier molecular flexibility index (Phi) is 22.7. The molecule has 0 aliphatic carbocycles. The van der Waals surface area contributed by atoms with Crippen LogP contribution in [0.3, 0.4) is 0 Å². The van der Waals surface area contributed by atoms with E-state index in [-0.39, 0.29) is 37.9 Å². The van der Waals surface area contributed by atoms with E-state index in [1.807, 2.05) is 6.08 Å². The van der Waals surface area contributed by atoms with Crippen LogP contribution in [0.5, 0.6) is 0 Å². The van der Waals surface area contributed by atoms with Crippen molar-refractivity contribution in [2.45, 2.75) is 158 Å². The molecule has 2 bridgehead atoms. The van der Waals surface area contributed by atoms with Gasteiger partial charge in [-0.05, 0) is 63.9 Å². The largest absolute Gasteiger partial charge is 0.468 e. The maximum absolute atomic E-state index is 11.7. The molecule has 2 unspecified atom stereocenters. The molecule has 6 atom stereocenters. The molecular formula is C34H62N2O15S2. The lowest BCUT2D eigenvalue weighted by atomic mass is 9.95. The molecule has 53 heavy (non-hydrogen) atoms. The molecule has 0 saturated carbocycles. The SMILES string of the molecule is COC(=O)CNC(=O)/C=C/CCCCC[C@H]1O[C@@]2(CCCCCC(O)C(O)CCCCCCCOC[C@H](COS(=O)(=O)O)NS(=O)(=O)O)CCC[C@H]1O2. The highest BCUT2D eigenvalue weighted by molar-refractivity contribution is 7.83. The summed E-state index contributed by atoms with van der Waals surface area (Å²) >= 11 is 0. The summed E-state index contributed by atoms with van der Waals surface area (Å²) in [5.41, 5.74) is 0. The van der Waals surface area contributed by atoms with Crippen LogP contribution in [0.2, 0.25) is 0 Å².